The molecule has 0 saturated carbocycles. The Balaban J connectivity index is 1.25. The first kappa shape index (κ1) is 43.2. The zero-order valence-corrected chi connectivity index (χ0v) is 32.0. The second-order valence-electron chi connectivity index (χ2n) is 13.1. The summed E-state index contributed by atoms with van der Waals surface area (Å²) in [6.45, 7) is 9.27. The molecular weight excluding hydrogens is 680 g/mol. The minimum atomic E-state index is -1.35. The molecule has 0 fully saturated rings. The molecule has 8 nitrogen and oxygen atoms in total. The van der Waals surface area contributed by atoms with E-state index >= 15 is 0 Å². The molecule has 1 N–H and O–H groups in total. The van der Waals surface area contributed by atoms with Crippen molar-refractivity contribution in [1.82, 2.24) is 0 Å². The van der Waals surface area contributed by atoms with E-state index in [1.54, 1.807) is 31.2 Å². The van der Waals surface area contributed by atoms with Gasteiger partial charge in [0.15, 0.2) is 0 Å². The van der Waals surface area contributed by atoms with E-state index in [0.717, 1.165) is 49.2 Å². The van der Waals surface area contributed by atoms with Crippen LogP contribution in [-0.4, -0.2) is 43.2 Å². The highest BCUT2D eigenvalue weighted by molar-refractivity contribution is 5.90. The van der Waals surface area contributed by atoms with Gasteiger partial charge >= 0.3 is 11.9 Å². The van der Waals surface area contributed by atoms with Crippen molar-refractivity contribution in [2.45, 2.75) is 110 Å². The number of hydrogen-bond acceptors (Lipinski definition) is 8. The van der Waals surface area contributed by atoms with Crippen molar-refractivity contribution in [2.75, 3.05) is 19.8 Å². The number of aliphatic hydroxyl groups is 1. The standard InChI is InChI=1S/C46H56O8/c1-4-5-6-12-15-34-50-40-24-18-38(19-25-40)22-32-44(47)53-42-28-30-43(31-29-42)54-45(48)33-23-39-20-26-41(27-21-39)51-35-16-13-10-8-7-9-11-14-17-36-52-46(49)37(2)3/h18-21,24-31,45,48H,2,4-17,34-36H2,1,3H3. The Morgan fingerprint density at radius 2 is 1.06 bits per heavy atom. The molecule has 0 amide bonds. The molecule has 8 heteroatoms. The Labute approximate surface area is 322 Å². The normalized spacial score (nSPS) is 10.9. The lowest BCUT2D eigenvalue weighted by atomic mass is 10.1. The largest absolute Gasteiger partial charge is 0.494 e. The fourth-order valence-electron chi connectivity index (χ4n) is 5.23. The van der Waals surface area contributed by atoms with Crippen LogP contribution >= 0.6 is 0 Å². The van der Waals surface area contributed by atoms with Crippen LogP contribution in [0.4, 0.5) is 0 Å². The molecule has 3 rings (SSSR count). The van der Waals surface area contributed by atoms with Gasteiger partial charge in [0.2, 0.25) is 0 Å². The maximum absolute atomic E-state index is 12.2. The van der Waals surface area contributed by atoms with Crippen LogP contribution in [0.1, 0.15) is 115 Å². The summed E-state index contributed by atoms with van der Waals surface area (Å²) in [7, 11) is 0. The number of rotatable bonds is 24. The maximum Gasteiger partial charge on any atom is 0.390 e. The number of carbonyl (C=O) groups excluding carboxylic acids is 2. The van der Waals surface area contributed by atoms with Crippen LogP contribution in [-0.2, 0) is 14.3 Å². The average molecular weight is 737 g/mol. The molecule has 0 radical (unpaired) electrons. The van der Waals surface area contributed by atoms with Crippen molar-refractivity contribution in [1.29, 1.82) is 0 Å². The first-order valence-electron chi connectivity index (χ1n) is 19.3. The molecule has 0 bridgehead atoms. The summed E-state index contributed by atoms with van der Waals surface area (Å²) < 4.78 is 27.5. The van der Waals surface area contributed by atoms with Crippen LogP contribution < -0.4 is 18.9 Å². The minimum Gasteiger partial charge on any atom is -0.494 e. The molecule has 0 aromatic heterocycles. The molecule has 0 spiro atoms. The topological polar surface area (TPSA) is 101 Å². The van der Waals surface area contributed by atoms with Gasteiger partial charge < -0.3 is 28.8 Å². The van der Waals surface area contributed by atoms with E-state index in [1.165, 1.54) is 57.8 Å². The van der Waals surface area contributed by atoms with Gasteiger partial charge in [-0.15, -0.1) is 0 Å². The highest BCUT2D eigenvalue weighted by Gasteiger charge is 2.06. The summed E-state index contributed by atoms with van der Waals surface area (Å²) in [5, 5.41) is 10.3. The lowest BCUT2D eigenvalue weighted by molar-refractivity contribution is -0.139. The van der Waals surface area contributed by atoms with Gasteiger partial charge in [-0.3, -0.25) is 0 Å². The second kappa shape index (κ2) is 26.6. The van der Waals surface area contributed by atoms with Gasteiger partial charge in [0, 0.05) is 22.6 Å². The lowest BCUT2D eigenvalue weighted by Gasteiger charge is -2.08. The Morgan fingerprint density at radius 1 is 0.611 bits per heavy atom. The van der Waals surface area contributed by atoms with Gasteiger partial charge in [-0.2, -0.15) is 0 Å². The number of esters is 2. The van der Waals surface area contributed by atoms with Gasteiger partial charge in [0.25, 0.3) is 6.29 Å². The zero-order valence-electron chi connectivity index (χ0n) is 32.0. The molecule has 3 aromatic rings. The van der Waals surface area contributed by atoms with Gasteiger partial charge in [-0.1, -0.05) is 96.0 Å². The molecule has 54 heavy (non-hydrogen) atoms. The molecule has 0 aliphatic rings. The van der Waals surface area contributed by atoms with Crippen molar-refractivity contribution < 1.29 is 38.4 Å². The van der Waals surface area contributed by atoms with E-state index in [2.05, 4.69) is 37.2 Å². The zero-order chi connectivity index (χ0) is 38.6. The number of aliphatic hydroxyl groups excluding tert-OH is 1. The number of benzene rings is 3. The van der Waals surface area contributed by atoms with Gasteiger partial charge in [-0.25, -0.2) is 9.59 Å². The highest BCUT2D eigenvalue weighted by Crippen LogP contribution is 2.19. The molecule has 288 valence electrons. The van der Waals surface area contributed by atoms with Crippen LogP contribution in [0.15, 0.2) is 84.9 Å². The molecule has 0 aliphatic carbocycles. The quantitative estimate of drug-likeness (QED) is 0.0242. The third kappa shape index (κ3) is 19.6. The highest BCUT2D eigenvalue weighted by atomic mass is 16.6. The van der Waals surface area contributed by atoms with Crippen LogP contribution in [0.3, 0.4) is 0 Å². The van der Waals surface area contributed by atoms with Crippen molar-refractivity contribution >= 4 is 11.9 Å². The summed E-state index contributed by atoms with van der Waals surface area (Å²) >= 11 is 0. The number of ether oxygens (including phenoxy) is 5. The summed E-state index contributed by atoms with van der Waals surface area (Å²) in [5.74, 6) is 12.1. The van der Waals surface area contributed by atoms with E-state index in [-0.39, 0.29) is 5.97 Å². The van der Waals surface area contributed by atoms with Gasteiger partial charge in [-0.05, 0) is 105 Å². The molecule has 0 saturated heterocycles. The first-order valence-corrected chi connectivity index (χ1v) is 19.3. The van der Waals surface area contributed by atoms with Crippen LogP contribution in [0.25, 0.3) is 0 Å². The van der Waals surface area contributed by atoms with E-state index in [1.807, 2.05) is 48.5 Å². The molecule has 1 unspecified atom stereocenters. The van der Waals surface area contributed by atoms with Crippen LogP contribution in [0.5, 0.6) is 23.0 Å². The number of carbonyl (C=O) groups is 2. The summed E-state index contributed by atoms with van der Waals surface area (Å²) in [6, 6.07) is 21.0. The molecule has 0 aliphatic heterocycles. The third-order valence-electron chi connectivity index (χ3n) is 8.30. The van der Waals surface area contributed by atoms with Crippen molar-refractivity contribution in [3.05, 3.63) is 96.1 Å². The lowest BCUT2D eigenvalue weighted by Crippen LogP contribution is -2.12. The van der Waals surface area contributed by atoms with Crippen molar-refractivity contribution in [3.63, 3.8) is 0 Å². The predicted octanol–water partition coefficient (Wildman–Crippen LogP) is 9.75. The van der Waals surface area contributed by atoms with Crippen molar-refractivity contribution in [3.8, 4) is 46.7 Å². The monoisotopic (exact) mass is 736 g/mol. The minimum absolute atomic E-state index is 0.299. The number of hydrogen-bond donors (Lipinski definition) is 1. The van der Waals surface area contributed by atoms with Gasteiger partial charge in [0.05, 0.1) is 19.8 Å². The number of unbranched alkanes of at least 4 members (excludes halogenated alkanes) is 12. The Hall–Kier alpha value is -5.18. The fraction of sp³-hybridized carbons (Fsp3) is 0.435. The Kier molecular flexibility index (Phi) is 21.3. The van der Waals surface area contributed by atoms with Crippen LogP contribution in [0, 0.1) is 23.7 Å². The molecule has 1 atom stereocenters. The summed E-state index contributed by atoms with van der Waals surface area (Å²) in [6.07, 6.45) is 14.7. The van der Waals surface area contributed by atoms with Crippen molar-refractivity contribution in [2.24, 2.45) is 0 Å². The molecule has 3 aromatic carbocycles. The van der Waals surface area contributed by atoms with E-state index < -0.39 is 12.3 Å². The molecular formula is C46H56O8. The first-order chi connectivity index (χ1) is 26.3. The third-order valence-corrected chi connectivity index (χ3v) is 8.30. The predicted molar refractivity (Wildman–Crippen MR) is 212 cm³/mol. The van der Waals surface area contributed by atoms with Crippen LogP contribution in [0.2, 0.25) is 0 Å². The summed E-state index contributed by atoms with van der Waals surface area (Å²) in [5.41, 5.74) is 1.85. The average Bonchev–Trinajstić information content (AvgIpc) is 3.18. The smallest absolute Gasteiger partial charge is 0.390 e. The Morgan fingerprint density at radius 3 is 1.57 bits per heavy atom. The maximum atomic E-state index is 12.2. The second-order valence-corrected chi connectivity index (χ2v) is 13.1. The van der Waals surface area contributed by atoms with E-state index in [4.69, 9.17) is 23.7 Å². The van der Waals surface area contributed by atoms with E-state index in [0.29, 0.717) is 42.5 Å². The molecule has 0 heterocycles. The van der Waals surface area contributed by atoms with E-state index in [9.17, 15) is 14.7 Å². The Bertz CT molecular complexity index is 1650. The fourth-order valence-corrected chi connectivity index (χ4v) is 5.23. The SMILES string of the molecule is C=C(C)C(=O)OCCCCCCCCCCCOc1ccc(C#CC(O)Oc2ccc(OC(=O)C#Cc3ccc(OCCCCCCC)cc3)cc2)cc1. The van der Waals surface area contributed by atoms with Gasteiger partial charge in [0.1, 0.15) is 23.0 Å². The summed E-state index contributed by atoms with van der Waals surface area (Å²) in [4.78, 5) is 23.6.